The highest BCUT2D eigenvalue weighted by molar-refractivity contribution is 5.78. The number of rotatable bonds is 4. The predicted octanol–water partition coefficient (Wildman–Crippen LogP) is 1.32. The first kappa shape index (κ1) is 22.7. The van der Waals surface area contributed by atoms with Gasteiger partial charge in [-0.2, -0.15) is 23.5 Å². The van der Waals surface area contributed by atoms with E-state index >= 15 is 0 Å². The molecule has 2 aromatic heterocycles. The number of nitrogens with zero attached hydrogens (tertiary/aromatic N) is 6. The fourth-order valence-corrected chi connectivity index (χ4v) is 4.37. The van der Waals surface area contributed by atoms with E-state index in [2.05, 4.69) is 15.0 Å². The van der Waals surface area contributed by atoms with Crippen LogP contribution in [-0.4, -0.2) is 70.7 Å². The van der Waals surface area contributed by atoms with E-state index in [4.69, 9.17) is 5.26 Å². The summed E-state index contributed by atoms with van der Waals surface area (Å²) < 4.78 is 40.0. The van der Waals surface area contributed by atoms with Crippen LogP contribution in [0.1, 0.15) is 34.8 Å². The van der Waals surface area contributed by atoms with Crippen LogP contribution in [0, 0.1) is 11.3 Å². The van der Waals surface area contributed by atoms with Gasteiger partial charge in [0.05, 0.1) is 23.8 Å². The lowest BCUT2D eigenvalue weighted by Gasteiger charge is -2.36. The summed E-state index contributed by atoms with van der Waals surface area (Å²) in [4.78, 5) is 34.4. The predicted molar refractivity (Wildman–Crippen MR) is 111 cm³/mol. The lowest BCUT2D eigenvalue weighted by Crippen LogP contribution is -2.50. The summed E-state index contributed by atoms with van der Waals surface area (Å²) in [5, 5.41) is 14.7. The van der Waals surface area contributed by atoms with Crippen LogP contribution in [0.5, 0.6) is 0 Å². The maximum Gasteiger partial charge on any atom is 0.422 e. The molecule has 2 aromatic rings. The maximum absolute atomic E-state index is 13.3. The van der Waals surface area contributed by atoms with Crippen LogP contribution in [0.3, 0.4) is 0 Å². The fraction of sp³-hybridized carbons (Fsp3) is 0.476. The number of anilines is 1. The zero-order valence-corrected chi connectivity index (χ0v) is 17.9. The molecular formula is C21H22F3N7O2. The van der Waals surface area contributed by atoms with E-state index in [9.17, 15) is 22.8 Å². The molecule has 1 fully saturated rings. The number of hydrogen-bond donors (Lipinski definition) is 1. The summed E-state index contributed by atoms with van der Waals surface area (Å²) in [7, 11) is 1.55. The molecule has 3 heterocycles. The van der Waals surface area contributed by atoms with E-state index in [-0.39, 0.29) is 36.6 Å². The zero-order valence-electron chi connectivity index (χ0n) is 17.9. The number of aromatic nitrogens is 3. The second-order valence-electron chi connectivity index (χ2n) is 8.13. The van der Waals surface area contributed by atoms with E-state index in [0.717, 1.165) is 5.82 Å². The summed E-state index contributed by atoms with van der Waals surface area (Å²) in [5.41, 5.74) is -2.01. The van der Waals surface area contributed by atoms with Gasteiger partial charge in [0, 0.05) is 39.4 Å². The average Bonchev–Trinajstić information content (AvgIpc) is 3.21. The lowest BCUT2D eigenvalue weighted by molar-refractivity contribution is -0.139. The first-order valence-corrected chi connectivity index (χ1v) is 10.5. The molecule has 0 bridgehead atoms. The molecule has 4 rings (SSSR count). The molecule has 174 valence electrons. The molecule has 1 aliphatic carbocycles. The maximum atomic E-state index is 13.3. The van der Waals surface area contributed by atoms with E-state index < -0.39 is 23.3 Å². The number of likely N-dealkylation sites (N-methyl/N-ethyl adjacent to an activating group) is 1. The quantitative estimate of drug-likeness (QED) is 0.732. The highest BCUT2D eigenvalue weighted by atomic mass is 19.4. The van der Waals surface area contributed by atoms with Gasteiger partial charge in [-0.05, 0) is 30.5 Å². The molecule has 33 heavy (non-hydrogen) atoms. The number of carbonyl (C=O) groups is 1. The highest BCUT2D eigenvalue weighted by Gasteiger charge is 2.42. The Labute approximate surface area is 187 Å². The molecule has 1 atom stereocenters. The number of aromatic amines is 1. The molecule has 1 amide bonds. The molecular weight excluding hydrogens is 439 g/mol. The molecule has 12 heteroatoms. The van der Waals surface area contributed by atoms with E-state index in [0.29, 0.717) is 31.7 Å². The minimum atomic E-state index is -4.78. The highest BCUT2D eigenvalue weighted by Crippen LogP contribution is 2.39. The first-order valence-electron chi connectivity index (χ1n) is 10.5. The molecule has 0 unspecified atom stereocenters. The minimum absolute atomic E-state index is 0.0413. The third-order valence-corrected chi connectivity index (χ3v) is 6.18. The van der Waals surface area contributed by atoms with Crippen molar-refractivity contribution in [3.63, 3.8) is 0 Å². The normalized spacial score (nSPS) is 18.6. The Balaban J connectivity index is 1.38. The van der Waals surface area contributed by atoms with Gasteiger partial charge in [-0.25, -0.2) is 10.1 Å². The average molecular weight is 461 g/mol. The second-order valence-corrected chi connectivity index (χ2v) is 8.13. The largest absolute Gasteiger partial charge is 0.422 e. The van der Waals surface area contributed by atoms with Gasteiger partial charge in [0.15, 0.2) is 0 Å². The molecule has 0 aromatic carbocycles. The van der Waals surface area contributed by atoms with Crippen molar-refractivity contribution in [2.75, 3.05) is 44.7 Å². The van der Waals surface area contributed by atoms with Crippen LogP contribution >= 0.6 is 0 Å². The summed E-state index contributed by atoms with van der Waals surface area (Å²) in [6.45, 7) is 2.67. The Morgan fingerprint density at radius 2 is 2.03 bits per heavy atom. The Morgan fingerprint density at radius 1 is 1.30 bits per heavy atom. The van der Waals surface area contributed by atoms with Crippen molar-refractivity contribution < 1.29 is 18.0 Å². The number of halogens is 3. The monoisotopic (exact) mass is 461 g/mol. The van der Waals surface area contributed by atoms with Crippen molar-refractivity contribution in [2.24, 2.45) is 0 Å². The third kappa shape index (κ3) is 4.54. The van der Waals surface area contributed by atoms with Gasteiger partial charge in [0.25, 0.3) is 5.56 Å². The van der Waals surface area contributed by atoms with Gasteiger partial charge in [0.1, 0.15) is 17.5 Å². The van der Waals surface area contributed by atoms with Crippen LogP contribution in [0.2, 0.25) is 0 Å². The van der Waals surface area contributed by atoms with Crippen molar-refractivity contribution in [3.05, 3.63) is 51.1 Å². The number of fused-ring (bicyclic) bond motifs is 1. The van der Waals surface area contributed by atoms with E-state index in [1.54, 1.807) is 19.2 Å². The van der Waals surface area contributed by atoms with Crippen LogP contribution in [0.15, 0.2) is 23.1 Å². The molecule has 0 saturated carbocycles. The summed E-state index contributed by atoms with van der Waals surface area (Å²) in [6, 6.07) is 4.91. The number of nitriles is 1. The number of alkyl halides is 3. The summed E-state index contributed by atoms with van der Waals surface area (Å²) >= 11 is 0. The van der Waals surface area contributed by atoms with Crippen molar-refractivity contribution in [3.8, 4) is 6.07 Å². The number of hydrogen-bond acceptors (Lipinski definition) is 7. The first-order chi connectivity index (χ1) is 15.7. The Hall–Kier alpha value is -3.46. The van der Waals surface area contributed by atoms with Gasteiger partial charge >= 0.3 is 6.18 Å². The minimum Gasteiger partial charge on any atom is -0.354 e. The molecule has 9 nitrogen and oxygen atoms in total. The zero-order chi connectivity index (χ0) is 23.8. The Bertz CT molecular complexity index is 1130. The van der Waals surface area contributed by atoms with Crippen molar-refractivity contribution in [1.82, 2.24) is 25.0 Å². The van der Waals surface area contributed by atoms with Crippen molar-refractivity contribution in [1.29, 1.82) is 5.26 Å². The SMILES string of the molecule is CN(C(=O)CN1CCN(c2ccc(C#N)cn2)CC1)[C@@H]1CCc2c1n[nH]c(=O)c2C(F)(F)F. The van der Waals surface area contributed by atoms with Gasteiger partial charge in [0.2, 0.25) is 5.91 Å². The molecule has 1 N–H and O–H groups in total. The van der Waals surface area contributed by atoms with Crippen molar-refractivity contribution in [2.45, 2.75) is 25.1 Å². The lowest BCUT2D eigenvalue weighted by atomic mass is 10.1. The summed E-state index contributed by atoms with van der Waals surface area (Å²) in [6.07, 6.45) is -2.94. The van der Waals surface area contributed by atoms with Crippen LogP contribution in [0.25, 0.3) is 0 Å². The molecule has 0 radical (unpaired) electrons. The number of pyridine rings is 1. The van der Waals surface area contributed by atoms with Crippen molar-refractivity contribution >= 4 is 11.7 Å². The number of amides is 1. The smallest absolute Gasteiger partial charge is 0.354 e. The van der Waals surface area contributed by atoms with Gasteiger partial charge in [-0.1, -0.05) is 0 Å². The standard InChI is InChI=1S/C21H22F3N7O2/c1-29(15-4-3-14-18(21(22,23)24)20(33)28-27-19(14)15)17(32)12-30-6-8-31(9-7-30)16-5-2-13(10-25)11-26-16/h2,5,11,15H,3-4,6-9,12H2,1H3,(H,28,33)/t15-/m1/s1. The van der Waals surface area contributed by atoms with Gasteiger partial charge < -0.3 is 9.80 Å². The summed E-state index contributed by atoms with van der Waals surface area (Å²) in [5.74, 6) is 0.541. The molecule has 2 aliphatic rings. The number of carbonyl (C=O) groups excluding carboxylic acids is 1. The second kappa shape index (κ2) is 8.82. The van der Waals surface area contributed by atoms with Crippen LogP contribution in [0.4, 0.5) is 19.0 Å². The molecule has 1 saturated heterocycles. The number of H-pyrrole nitrogens is 1. The van der Waals surface area contributed by atoms with Crippen LogP contribution < -0.4 is 10.5 Å². The van der Waals surface area contributed by atoms with E-state index in [1.165, 1.54) is 11.1 Å². The molecule has 0 spiro atoms. The molecule has 1 aliphatic heterocycles. The fourth-order valence-electron chi connectivity index (χ4n) is 4.37. The van der Waals surface area contributed by atoms with Gasteiger partial charge in [-0.15, -0.1) is 0 Å². The third-order valence-electron chi connectivity index (χ3n) is 6.18. The number of piperazine rings is 1. The topological polar surface area (TPSA) is 109 Å². The number of nitrogens with one attached hydrogen (secondary N) is 1. The van der Waals surface area contributed by atoms with Gasteiger partial charge in [-0.3, -0.25) is 14.5 Å². The van der Waals surface area contributed by atoms with E-state index in [1.807, 2.05) is 16.1 Å². The van der Waals surface area contributed by atoms with Crippen LogP contribution in [-0.2, 0) is 17.4 Å². The Kier molecular flexibility index (Phi) is 6.07. The Morgan fingerprint density at radius 3 is 2.64 bits per heavy atom.